The van der Waals surface area contributed by atoms with E-state index in [1.807, 2.05) is 10.9 Å². The van der Waals surface area contributed by atoms with Gasteiger partial charge < -0.3 is 19.3 Å². The first kappa shape index (κ1) is 25.1. The second-order valence-electron chi connectivity index (χ2n) is 9.34. The Kier molecular flexibility index (Phi) is 7.31. The highest BCUT2D eigenvalue weighted by Crippen LogP contribution is 2.33. The number of aromatic nitrogens is 4. The predicted octanol–water partition coefficient (Wildman–Crippen LogP) is 3.22. The van der Waals surface area contributed by atoms with E-state index < -0.39 is 11.6 Å². The van der Waals surface area contributed by atoms with Crippen molar-refractivity contribution < 1.29 is 23.0 Å². The number of rotatable bonds is 7. The highest BCUT2D eigenvalue weighted by Gasteiger charge is 2.29. The zero-order valence-corrected chi connectivity index (χ0v) is 21.0. The number of nitrogens with zero attached hydrogens (tertiary/aromatic N) is 6. The molecule has 5 rings (SSSR count). The smallest absolute Gasteiger partial charge is 0.219 e. The summed E-state index contributed by atoms with van der Waals surface area (Å²) in [5.74, 6) is -0.476. The summed E-state index contributed by atoms with van der Waals surface area (Å²) < 4.78 is 40.1. The van der Waals surface area contributed by atoms with Crippen molar-refractivity contribution in [2.24, 2.45) is 0 Å². The number of anilines is 1. The molecule has 2 aliphatic heterocycles. The summed E-state index contributed by atoms with van der Waals surface area (Å²) in [5, 5.41) is 4.45. The molecule has 2 aliphatic rings. The number of amides is 1. The molecule has 37 heavy (non-hydrogen) atoms. The Balaban J connectivity index is 1.39. The van der Waals surface area contributed by atoms with Gasteiger partial charge in [-0.25, -0.2) is 18.7 Å². The van der Waals surface area contributed by atoms with E-state index in [0.29, 0.717) is 58.6 Å². The molecular formula is C26H30F2N6O3. The third-order valence-corrected chi connectivity index (χ3v) is 6.80. The van der Waals surface area contributed by atoms with Crippen LogP contribution in [0.25, 0.3) is 11.3 Å². The van der Waals surface area contributed by atoms with E-state index in [4.69, 9.17) is 19.4 Å². The van der Waals surface area contributed by atoms with Gasteiger partial charge in [0, 0.05) is 70.8 Å². The Hall–Kier alpha value is -3.60. The molecule has 1 amide bonds. The zero-order chi connectivity index (χ0) is 25.9. The lowest BCUT2D eigenvalue weighted by Crippen LogP contribution is -2.40. The van der Waals surface area contributed by atoms with Crippen molar-refractivity contribution in [2.45, 2.75) is 45.4 Å². The first-order valence-corrected chi connectivity index (χ1v) is 12.4. The van der Waals surface area contributed by atoms with Gasteiger partial charge in [-0.3, -0.25) is 9.48 Å². The first-order chi connectivity index (χ1) is 17.9. The van der Waals surface area contributed by atoms with E-state index in [0.717, 1.165) is 34.5 Å². The molecule has 3 aromatic rings. The standard InChI is InChI=1S/C26H30F2N6O3/c1-17(35)33-10-7-22-23(16-33)30-25(18-14-29-34(15-18)11-12-36-2)26(31-22)32-8-5-20(6-9-32)37-24-4-3-19(27)13-21(24)28/h3-4,13-15,20H,5-12,16H2,1-2H3. The number of hydrogen-bond acceptors (Lipinski definition) is 7. The number of benzene rings is 1. The summed E-state index contributed by atoms with van der Waals surface area (Å²) in [6.45, 7) is 5.06. The van der Waals surface area contributed by atoms with Gasteiger partial charge in [0.2, 0.25) is 5.91 Å². The van der Waals surface area contributed by atoms with E-state index in [2.05, 4.69) is 10.00 Å². The Morgan fingerprint density at radius 2 is 1.95 bits per heavy atom. The van der Waals surface area contributed by atoms with Gasteiger partial charge in [-0.2, -0.15) is 5.10 Å². The van der Waals surface area contributed by atoms with Gasteiger partial charge in [0.25, 0.3) is 0 Å². The Bertz CT molecular complexity index is 1280. The van der Waals surface area contributed by atoms with Gasteiger partial charge in [-0.1, -0.05) is 0 Å². The lowest BCUT2D eigenvalue weighted by Gasteiger charge is -2.35. The molecule has 0 unspecified atom stereocenters. The number of piperidine rings is 1. The number of halogens is 2. The SMILES string of the molecule is COCCn1cc(-c2nc3c(nc2N2CCC(Oc4ccc(F)cc4F)CC2)CCN(C(C)=O)C3)cn1. The molecule has 0 radical (unpaired) electrons. The van der Waals surface area contributed by atoms with Crippen LogP contribution >= 0.6 is 0 Å². The lowest BCUT2D eigenvalue weighted by molar-refractivity contribution is -0.129. The van der Waals surface area contributed by atoms with E-state index in [1.165, 1.54) is 12.1 Å². The van der Waals surface area contributed by atoms with Crippen LogP contribution in [0.3, 0.4) is 0 Å². The third-order valence-electron chi connectivity index (χ3n) is 6.80. The number of methoxy groups -OCH3 is 1. The predicted molar refractivity (Wildman–Crippen MR) is 132 cm³/mol. The quantitative estimate of drug-likeness (QED) is 0.481. The molecular weight excluding hydrogens is 482 g/mol. The van der Waals surface area contributed by atoms with Gasteiger partial charge in [0.05, 0.1) is 37.3 Å². The van der Waals surface area contributed by atoms with Gasteiger partial charge in [0.1, 0.15) is 17.6 Å². The van der Waals surface area contributed by atoms with Crippen molar-refractivity contribution >= 4 is 11.7 Å². The molecule has 0 bridgehead atoms. The summed E-state index contributed by atoms with van der Waals surface area (Å²) in [7, 11) is 1.65. The van der Waals surface area contributed by atoms with Crippen molar-refractivity contribution in [3.63, 3.8) is 0 Å². The van der Waals surface area contributed by atoms with E-state index in [1.54, 1.807) is 25.1 Å². The molecule has 0 spiro atoms. The molecule has 4 heterocycles. The highest BCUT2D eigenvalue weighted by molar-refractivity contribution is 5.74. The first-order valence-electron chi connectivity index (χ1n) is 12.4. The maximum Gasteiger partial charge on any atom is 0.219 e. The molecule has 9 nitrogen and oxygen atoms in total. The van der Waals surface area contributed by atoms with Crippen molar-refractivity contribution in [2.75, 3.05) is 38.3 Å². The fraction of sp³-hybridized carbons (Fsp3) is 0.462. The summed E-state index contributed by atoms with van der Waals surface area (Å²) >= 11 is 0. The van der Waals surface area contributed by atoms with Gasteiger partial charge >= 0.3 is 0 Å². The number of ether oxygens (including phenoxy) is 2. The Labute approximate surface area is 214 Å². The molecule has 0 atom stereocenters. The van der Waals surface area contributed by atoms with Crippen molar-refractivity contribution in [1.82, 2.24) is 24.6 Å². The van der Waals surface area contributed by atoms with Crippen LogP contribution in [0, 0.1) is 11.6 Å². The third kappa shape index (κ3) is 5.56. The summed E-state index contributed by atoms with van der Waals surface area (Å²) in [6.07, 6.45) is 5.46. The monoisotopic (exact) mass is 512 g/mol. The number of hydrogen-bond donors (Lipinski definition) is 0. The normalized spacial score (nSPS) is 16.1. The fourth-order valence-corrected chi connectivity index (χ4v) is 4.73. The minimum Gasteiger partial charge on any atom is -0.487 e. The molecule has 196 valence electrons. The lowest BCUT2D eigenvalue weighted by atomic mass is 10.1. The number of fused-ring (bicyclic) bond motifs is 1. The molecule has 0 N–H and O–H groups in total. The molecule has 1 saturated heterocycles. The minimum absolute atomic E-state index is 0.0186. The van der Waals surface area contributed by atoms with Crippen molar-refractivity contribution in [1.29, 1.82) is 0 Å². The number of carbonyl (C=O) groups excluding carboxylic acids is 1. The highest BCUT2D eigenvalue weighted by atomic mass is 19.1. The molecule has 0 aliphatic carbocycles. The molecule has 0 saturated carbocycles. The second kappa shape index (κ2) is 10.8. The molecule has 1 aromatic carbocycles. The van der Waals surface area contributed by atoms with Gasteiger partial charge in [-0.15, -0.1) is 0 Å². The largest absolute Gasteiger partial charge is 0.487 e. The zero-order valence-electron chi connectivity index (χ0n) is 21.0. The average Bonchev–Trinajstić information content (AvgIpc) is 3.37. The summed E-state index contributed by atoms with van der Waals surface area (Å²) in [5.41, 5.74) is 3.26. The maximum absolute atomic E-state index is 14.1. The van der Waals surface area contributed by atoms with Gasteiger partial charge in [-0.05, 0) is 12.1 Å². The maximum atomic E-state index is 14.1. The summed E-state index contributed by atoms with van der Waals surface area (Å²) in [6, 6.07) is 3.36. The van der Waals surface area contributed by atoms with Crippen molar-refractivity contribution in [3.8, 4) is 17.0 Å². The van der Waals surface area contributed by atoms with Crippen LogP contribution in [0.15, 0.2) is 30.6 Å². The second-order valence-corrected chi connectivity index (χ2v) is 9.34. The van der Waals surface area contributed by atoms with Crippen LogP contribution < -0.4 is 9.64 Å². The fourth-order valence-electron chi connectivity index (χ4n) is 4.73. The number of carbonyl (C=O) groups is 1. The minimum atomic E-state index is -0.699. The summed E-state index contributed by atoms with van der Waals surface area (Å²) in [4.78, 5) is 25.9. The molecule has 1 fully saturated rings. The van der Waals surface area contributed by atoms with E-state index in [-0.39, 0.29) is 17.8 Å². The Morgan fingerprint density at radius 3 is 2.68 bits per heavy atom. The molecule has 11 heteroatoms. The van der Waals surface area contributed by atoms with Crippen LogP contribution in [0.4, 0.5) is 14.6 Å². The Morgan fingerprint density at radius 1 is 1.14 bits per heavy atom. The van der Waals surface area contributed by atoms with Crippen LogP contribution in [0.2, 0.25) is 0 Å². The van der Waals surface area contributed by atoms with Crippen molar-refractivity contribution in [3.05, 3.63) is 53.6 Å². The average molecular weight is 513 g/mol. The van der Waals surface area contributed by atoms with Crippen LogP contribution in [0.5, 0.6) is 5.75 Å². The van der Waals surface area contributed by atoms with E-state index >= 15 is 0 Å². The van der Waals surface area contributed by atoms with E-state index in [9.17, 15) is 13.6 Å². The van der Waals surface area contributed by atoms with Gasteiger partial charge in [0.15, 0.2) is 17.4 Å². The van der Waals surface area contributed by atoms with Crippen LogP contribution in [-0.4, -0.2) is 70.0 Å². The topological polar surface area (TPSA) is 85.6 Å². The van der Waals surface area contributed by atoms with Crippen LogP contribution in [-0.2, 0) is 29.0 Å². The van der Waals surface area contributed by atoms with Crippen LogP contribution in [0.1, 0.15) is 31.2 Å². The molecule has 2 aromatic heterocycles.